The first-order chi connectivity index (χ1) is 14.3. The molecule has 1 heterocycles. The smallest absolute Gasteiger partial charge is 0.387 e. The van der Waals surface area contributed by atoms with Gasteiger partial charge >= 0.3 is 6.61 Å². The maximum absolute atomic E-state index is 12.7. The molecule has 2 rings (SSSR count). The first kappa shape index (κ1) is 24.1. The van der Waals surface area contributed by atoms with E-state index < -0.39 is 16.4 Å². The van der Waals surface area contributed by atoms with Gasteiger partial charge in [0.05, 0.1) is 31.2 Å². The topological polar surface area (TPSA) is 92.3 Å². The molecule has 11 heteroatoms. The molecule has 1 aliphatic heterocycles. The highest BCUT2D eigenvalue weighted by molar-refractivity contribution is 7.90. The van der Waals surface area contributed by atoms with E-state index in [4.69, 9.17) is 4.74 Å². The summed E-state index contributed by atoms with van der Waals surface area (Å²) in [5.41, 5.74) is 0.642. The molecule has 2 N–H and O–H groups in total. The second-order valence-electron chi connectivity index (χ2n) is 6.93. The zero-order chi connectivity index (χ0) is 22.0. The zero-order valence-corrected chi connectivity index (χ0v) is 18.1. The highest BCUT2D eigenvalue weighted by Gasteiger charge is 2.26. The number of nitrogens with one attached hydrogen (secondary N) is 2. The third-order valence-corrected chi connectivity index (χ3v) is 5.31. The lowest BCUT2D eigenvalue weighted by Crippen LogP contribution is -2.44. The van der Waals surface area contributed by atoms with Crippen LogP contribution in [0.2, 0.25) is 0 Å². The van der Waals surface area contributed by atoms with Crippen molar-refractivity contribution in [3.8, 4) is 5.75 Å². The number of anilines is 1. The highest BCUT2D eigenvalue weighted by Crippen LogP contribution is 2.31. The highest BCUT2D eigenvalue weighted by atomic mass is 32.2. The largest absolute Gasteiger partial charge is 0.433 e. The van der Waals surface area contributed by atoms with Crippen molar-refractivity contribution in [3.05, 3.63) is 24.3 Å². The van der Waals surface area contributed by atoms with Crippen LogP contribution in [0.4, 0.5) is 14.5 Å². The van der Waals surface area contributed by atoms with Gasteiger partial charge in [-0.05, 0) is 25.5 Å². The quantitative estimate of drug-likeness (QED) is 0.301. The molecule has 0 aromatic heterocycles. The molecular formula is C19H30F2N4O4S. The van der Waals surface area contributed by atoms with E-state index in [1.807, 2.05) is 11.8 Å². The molecule has 1 aromatic rings. The van der Waals surface area contributed by atoms with Crippen molar-refractivity contribution < 1.29 is 26.7 Å². The van der Waals surface area contributed by atoms with E-state index in [1.54, 1.807) is 18.2 Å². The van der Waals surface area contributed by atoms with Gasteiger partial charge in [0.25, 0.3) is 0 Å². The molecule has 1 saturated heterocycles. The fourth-order valence-corrected chi connectivity index (χ4v) is 3.48. The summed E-state index contributed by atoms with van der Waals surface area (Å²) in [7, 11) is -3.03. The van der Waals surface area contributed by atoms with Gasteiger partial charge in [-0.2, -0.15) is 8.78 Å². The number of rotatable bonds is 11. The van der Waals surface area contributed by atoms with Gasteiger partial charge in [0.1, 0.15) is 15.6 Å². The summed E-state index contributed by atoms with van der Waals surface area (Å²) >= 11 is 0. The first-order valence-electron chi connectivity index (χ1n) is 9.87. The van der Waals surface area contributed by atoms with Crippen LogP contribution in [0.25, 0.3) is 0 Å². The lowest BCUT2D eigenvalue weighted by atomic mass is 10.2. The fraction of sp³-hybridized carbons (Fsp3) is 0.632. The van der Waals surface area contributed by atoms with Crippen molar-refractivity contribution in [1.82, 2.24) is 10.6 Å². The minimum atomic E-state index is -3.03. The normalized spacial score (nSPS) is 17.4. The van der Waals surface area contributed by atoms with Crippen LogP contribution < -0.4 is 20.3 Å². The third kappa shape index (κ3) is 8.70. The van der Waals surface area contributed by atoms with Crippen molar-refractivity contribution in [1.29, 1.82) is 0 Å². The second-order valence-corrected chi connectivity index (χ2v) is 9.18. The van der Waals surface area contributed by atoms with E-state index in [9.17, 15) is 17.2 Å². The van der Waals surface area contributed by atoms with E-state index in [0.29, 0.717) is 44.4 Å². The average Bonchev–Trinajstić information content (AvgIpc) is 3.12. The Morgan fingerprint density at radius 1 is 1.33 bits per heavy atom. The van der Waals surface area contributed by atoms with Crippen LogP contribution in [-0.4, -0.2) is 78.4 Å². The molecule has 0 amide bonds. The van der Waals surface area contributed by atoms with Crippen LogP contribution in [0.15, 0.2) is 29.3 Å². The predicted octanol–water partition coefficient (Wildman–Crippen LogP) is 1.48. The molecule has 0 aliphatic carbocycles. The minimum Gasteiger partial charge on any atom is -0.433 e. The van der Waals surface area contributed by atoms with E-state index >= 15 is 0 Å². The Kier molecular flexibility index (Phi) is 9.57. The van der Waals surface area contributed by atoms with Crippen LogP contribution in [0.1, 0.15) is 13.3 Å². The number of alkyl halides is 2. The molecular weight excluding hydrogens is 418 g/mol. The Morgan fingerprint density at radius 3 is 2.80 bits per heavy atom. The Bertz CT molecular complexity index is 792. The van der Waals surface area contributed by atoms with Crippen molar-refractivity contribution >= 4 is 21.5 Å². The van der Waals surface area contributed by atoms with E-state index in [2.05, 4.69) is 20.4 Å². The van der Waals surface area contributed by atoms with Crippen LogP contribution in [0, 0.1) is 0 Å². The van der Waals surface area contributed by atoms with Crippen molar-refractivity contribution in [3.63, 3.8) is 0 Å². The number of guanidine groups is 1. The van der Waals surface area contributed by atoms with Crippen molar-refractivity contribution in [2.75, 3.05) is 56.3 Å². The Hall–Kier alpha value is -2.14. The number of aliphatic imine (C=N–C) groups is 1. The van der Waals surface area contributed by atoms with Gasteiger partial charge in [0.2, 0.25) is 0 Å². The van der Waals surface area contributed by atoms with Gasteiger partial charge < -0.3 is 25.0 Å². The number of ether oxygens (including phenoxy) is 2. The number of benzene rings is 1. The molecule has 30 heavy (non-hydrogen) atoms. The first-order valence-corrected chi connectivity index (χ1v) is 11.9. The fourth-order valence-electron chi connectivity index (χ4n) is 3.06. The number of sulfone groups is 1. The van der Waals surface area contributed by atoms with Crippen molar-refractivity contribution in [2.24, 2.45) is 4.99 Å². The molecule has 170 valence electrons. The van der Waals surface area contributed by atoms with Crippen molar-refractivity contribution in [2.45, 2.75) is 26.0 Å². The molecule has 0 saturated carbocycles. The van der Waals surface area contributed by atoms with Crippen LogP contribution in [0.5, 0.6) is 5.75 Å². The van der Waals surface area contributed by atoms with Crippen LogP contribution in [0.3, 0.4) is 0 Å². The summed E-state index contributed by atoms with van der Waals surface area (Å²) in [5, 5.41) is 6.51. The average molecular weight is 449 g/mol. The van der Waals surface area contributed by atoms with Crippen LogP contribution >= 0.6 is 0 Å². The Balaban J connectivity index is 1.85. The number of halogens is 2. The van der Waals surface area contributed by atoms with E-state index in [-0.39, 0.29) is 24.2 Å². The Labute approximate surface area is 176 Å². The summed E-state index contributed by atoms with van der Waals surface area (Å²) in [6, 6.07) is 6.86. The number of hydrogen-bond donors (Lipinski definition) is 2. The molecule has 1 aliphatic rings. The standard InChI is InChI=1S/C19H30F2N4O4S/c1-3-22-19(23-9-11-28-12-13-30(2,26)27)24-15-8-10-25(14-15)16-6-4-5-7-17(16)29-18(20)21/h4-7,15,18H,3,8-14H2,1-2H3,(H2,22,23,24). The number of hydrogen-bond acceptors (Lipinski definition) is 6. The summed E-state index contributed by atoms with van der Waals surface area (Å²) in [5.74, 6) is 0.789. The number of nitrogens with zero attached hydrogens (tertiary/aromatic N) is 2. The Morgan fingerprint density at radius 2 is 2.10 bits per heavy atom. The SMILES string of the molecule is CCNC(=NCCOCCS(C)(=O)=O)NC1CCN(c2ccccc2OC(F)F)C1. The second kappa shape index (κ2) is 11.9. The number of para-hydroxylation sites is 2. The molecule has 1 atom stereocenters. The summed E-state index contributed by atoms with van der Waals surface area (Å²) in [4.78, 5) is 6.45. The lowest BCUT2D eigenvalue weighted by molar-refractivity contribution is -0.0495. The zero-order valence-electron chi connectivity index (χ0n) is 17.3. The molecule has 0 radical (unpaired) electrons. The lowest BCUT2D eigenvalue weighted by Gasteiger charge is -2.22. The monoisotopic (exact) mass is 448 g/mol. The summed E-state index contributed by atoms with van der Waals surface area (Å²) in [6.07, 6.45) is 1.99. The molecule has 8 nitrogen and oxygen atoms in total. The molecule has 1 unspecified atom stereocenters. The van der Waals surface area contributed by atoms with Gasteiger partial charge in [-0.1, -0.05) is 12.1 Å². The van der Waals surface area contributed by atoms with Gasteiger partial charge in [0.15, 0.2) is 5.96 Å². The molecule has 1 aromatic carbocycles. The predicted molar refractivity (Wildman–Crippen MR) is 113 cm³/mol. The maximum Gasteiger partial charge on any atom is 0.387 e. The van der Waals surface area contributed by atoms with Gasteiger partial charge in [-0.15, -0.1) is 0 Å². The summed E-state index contributed by atoms with van der Waals surface area (Å²) in [6.45, 7) is 1.96. The minimum absolute atomic E-state index is 0.0102. The third-order valence-electron chi connectivity index (χ3n) is 4.40. The summed E-state index contributed by atoms with van der Waals surface area (Å²) < 4.78 is 57.4. The van der Waals surface area contributed by atoms with E-state index in [0.717, 1.165) is 6.42 Å². The molecule has 0 spiro atoms. The van der Waals surface area contributed by atoms with Crippen LogP contribution in [-0.2, 0) is 14.6 Å². The van der Waals surface area contributed by atoms with Gasteiger partial charge in [-0.3, -0.25) is 4.99 Å². The van der Waals surface area contributed by atoms with E-state index in [1.165, 1.54) is 12.3 Å². The van der Waals surface area contributed by atoms with Gasteiger partial charge in [-0.25, -0.2) is 8.42 Å². The molecule has 1 fully saturated rings. The molecule has 0 bridgehead atoms. The van der Waals surface area contributed by atoms with Gasteiger partial charge in [0, 0.05) is 31.9 Å². The maximum atomic E-state index is 12.7.